The number of hydrogen-bond donors (Lipinski definition) is 2. The number of fused-ring (bicyclic) bond motifs is 1. The lowest BCUT2D eigenvalue weighted by atomic mass is 10.2. The van der Waals surface area contributed by atoms with E-state index < -0.39 is 0 Å². The number of aromatic nitrogens is 1. The molecule has 3 rings (SSSR count). The quantitative estimate of drug-likeness (QED) is 0.676. The third-order valence-electron chi connectivity index (χ3n) is 2.81. The second kappa shape index (κ2) is 5.52. The molecule has 0 aliphatic rings. The Morgan fingerprint density at radius 1 is 1.19 bits per heavy atom. The van der Waals surface area contributed by atoms with Crippen molar-refractivity contribution in [3.05, 3.63) is 46.4 Å². The summed E-state index contributed by atoms with van der Waals surface area (Å²) in [4.78, 5) is 4.39. The molecule has 2 aromatic carbocycles. The molecule has 7 heteroatoms. The van der Waals surface area contributed by atoms with Crippen molar-refractivity contribution >= 4 is 57.3 Å². The first-order chi connectivity index (χ1) is 10.0. The van der Waals surface area contributed by atoms with Crippen molar-refractivity contribution in [3.63, 3.8) is 0 Å². The van der Waals surface area contributed by atoms with Gasteiger partial charge in [0.25, 0.3) is 0 Å². The molecule has 3 aromatic rings. The third kappa shape index (κ3) is 2.95. The lowest BCUT2D eigenvalue weighted by molar-refractivity contribution is 0.620. The second-order valence-electron chi connectivity index (χ2n) is 4.32. The van der Waals surface area contributed by atoms with Gasteiger partial charge in [-0.15, -0.1) is 0 Å². The molecule has 0 spiro atoms. The molecule has 0 saturated carbocycles. The van der Waals surface area contributed by atoms with E-state index in [0.717, 1.165) is 11.3 Å². The Labute approximate surface area is 135 Å². The highest BCUT2D eigenvalue weighted by Gasteiger charge is 2.12. The van der Waals surface area contributed by atoms with Crippen LogP contribution in [0.1, 0.15) is 0 Å². The van der Waals surface area contributed by atoms with Crippen LogP contribution in [0.2, 0.25) is 10.0 Å². The van der Waals surface area contributed by atoms with Crippen LogP contribution in [0.25, 0.3) is 22.6 Å². The maximum atomic E-state index is 6.09. The van der Waals surface area contributed by atoms with Gasteiger partial charge in [-0.25, -0.2) is 4.98 Å². The third-order valence-corrected chi connectivity index (χ3v) is 3.41. The van der Waals surface area contributed by atoms with Gasteiger partial charge in [-0.05, 0) is 48.6 Å². The van der Waals surface area contributed by atoms with Crippen molar-refractivity contribution in [3.8, 4) is 11.5 Å². The van der Waals surface area contributed by atoms with Crippen LogP contribution in [0.3, 0.4) is 0 Å². The predicted molar refractivity (Wildman–Crippen MR) is 89.9 cm³/mol. The molecule has 21 heavy (non-hydrogen) atoms. The Hall–Kier alpha value is -1.82. The lowest BCUT2D eigenvalue weighted by Gasteiger charge is -2.03. The molecule has 4 nitrogen and oxygen atoms in total. The van der Waals surface area contributed by atoms with Gasteiger partial charge in [0.05, 0.1) is 5.02 Å². The van der Waals surface area contributed by atoms with E-state index in [1.807, 2.05) is 24.3 Å². The molecule has 0 amide bonds. The van der Waals surface area contributed by atoms with Crippen molar-refractivity contribution in [2.75, 3.05) is 5.32 Å². The minimum atomic E-state index is 0.214. The minimum absolute atomic E-state index is 0.214. The van der Waals surface area contributed by atoms with Gasteiger partial charge < -0.3 is 15.5 Å². The molecular formula is C14H9Cl2N3OS. The van der Waals surface area contributed by atoms with E-state index in [0.29, 0.717) is 27.0 Å². The first-order valence-electron chi connectivity index (χ1n) is 5.95. The Morgan fingerprint density at radius 2 is 1.90 bits per heavy atom. The summed E-state index contributed by atoms with van der Waals surface area (Å²) in [5.74, 6) is 0.469. The Morgan fingerprint density at radius 3 is 2.57 bits per heavy atom. The van der Waals surface area contributed by atoms with Gasteiger partial charge in [0.1, 0.15) is 5.52 Å². The van der Waals surface area contributed by atoms with Gasteiger partial charge in [0.2, 0.25) is 5.89 Å². The van der Waals surface area contributed by atoms with E-state index in [9.17, 15) is 0 Å². The second-order valence-corrected chi connectivity index (χ2v) is 5.60. The fraction of sp³-hybridized carbons (Fsp3) is 0. The van der Waals surface area contributed by atoms with E-state index in [-0.39, 0.29) is 5.11 Å². The van der Waals surface area contributed by atoms with Gasteiger partial charge in [-0.3, -0.25) is 0 Å². The molecule has 0 radical (unpaired) electrons. The largest absolute Gasteiger partial charge is 0.435 e. The summed E-state index contributed by atoms with van der Waals surface area (Å²) >= 11 is 16.8. The maximum absolute atomic E-state index is 6.09. The van der Waals surface area contributed by atoms with Crippen LogP contribution in [-0.2, 0) is 0 Å². The molecule has 0 aliphatic carbocycles. The first-order valence-corrected chi connectivity index (χ1v) is 7.12. The van der Waals surface area contributed by atoms with Crippen LogP contribution in [0, 0.1) is 0 Å². The molecule has 3 N–H and O–H groups in total. The molecule has 0 fully saturated rings. The summed E-state index contributed by atoms with van der Waals surface area (Å²) in [6, 6.07) is 10.7. The minimum Gasteiger partial charge on any atom is -0.435 e. The molecule has 1 heterocycles. The lowest BCUT2D eigenvalue weighted by Crippen LogP contribution is -2.18. The van der Waals surface area contributed by atoms with Crippen LogP contribution in [0.5, 0.6) is 0 Å². The summed E-state index contributed by atoms with van der Waals surface area (Å²) in [6.45, 7) is 0. The zero-order valence-electron chi connectivity index (χ0n) is 10.6. The monoisotopic (exact) mass is 337 g/mol. The van der Waals surface area contributed by atoms with Crippen molar-refractivity contribution in [1.29, 1.82) is 0 Å². The Kier molecular flexibility index (Phi) is 3.71. The predicted octanol–water partition coefficient (Wildman–Crippen LogP) is 4.46. The van der Waals surface area contributed by atoms with Crippen LogP contribution < -0.4 is 11.1 Å². The van der Waals surface area contributed by atoms with Gasteiger partial charge in [0.15, 0.2) is 10.7 Å². The molecule has 0 aliphatic heterocycles. The molecule has 0 saturated heterocycles. The number of rotatable bonds is 2. The number of thiocarbonyl (C=S) groups is 1. The summed E-state index contributed by atoms with van der Waals surface area (Å²) in [5.41, 5.74) is 8.16. The number of nitrogens with one attached hydrogen (secondary N) is 1. The number of benzene rings is 2. The van der Waals surface area contributed by atoms with Crippen LogP contribution in [0.4, 0.5) is 5.69 Å². The average Bonchev–Trinajstić information content (AvgIpc) is 2.83. The Bertz CT molecular complexity index is 830. The van der Waals surface area contributed by atoms with Crippen molar-refractivity contribution in [1.82, 2.24) is 4.98 Å². The average molecular weight is 338 g/mol. The SMILES string of the molecule is NC(=S)Nc1ccc(-c2nc3cc(Cl)cc(Cl)c3o2)cc1. The van der Waals surface area contributed by atoms with Crippen molar-refractivity contribution in [2.45, 2.75) is 0 Å². The Balaban J connectivity index is 2.00. The standard InChI is InChI=1S/C14H9Cl2N3OS/c15-8-5-10(16)12-11(6-8)19-13(20-12)7-1-3-9(4-2-7)18-14(17)21/h1-6H,(H3,17,18,21). The fourth-order valence-corrected chi connectivity index (χ4v) is 2.56. The molecular weight excluding hydrogens is 329 g/mol. The highest BCUT2D eigenvalue weighted by atomic mass is 35.5. The maximum Gasteiger partial charge on any atom is 0.227 e. The smallest absolute Gasteiger partial charge is 0.227 e. The number of anilines is 1. The number of nitrogens with two attached hydrogens (primary N) is 1. The summed E-state index contributed by atoms with van der Waals surface area (Å²) in [7, 11) is 0. The molecule has 106 valence electrons. The zero-order chi connectivity index (χ0) is 15.0. The fourth-order valence-electron chi connectivity index (χ4n) is 1.92. The highest BCUT2D eigenvalue weighted by molar-refractivity contribution is 7.80. The molecule has 0 bridgehead atoms. The van der Waals surface area contributed by atoms with Gasteiger partial charge in [-0.1, -0.05) is 23.2 Å². The topological polar surface area (TPSA) is 64.1 Å². The first kappa shape index (κ1) is 14.1. The number of hydrogen-bond acceptors (Lipinski definition) is 3. The number of nitrogens with zero attached hydrogens (tertiary/aromatic N) is 1. The normalized spacial score (nSPS) is 10.8. The molecule has 1 aromatic heterocycles. The highest BCUT2D eigenvalue weighted by Crippen LogP contribution is 2.32. The van der Waals surface area contributed by atoms with E-state index >= 15 is 0 Å². The van der Waals surface area contributed by atoms with E-state index in [1.54, 1.807) is 12.1 Å². The van der Waals surface area contributed by atoms with Gasteiger partial charge in [-0.2, -0.15) is 0 Å². The van der Waals surface area contributed by atoms with Crippen LogP contribution in [-0.4, -0.2) is 10.1 Å². The van der Waals surface area contributed by atoms with E-state index in [4.69, 9.17) is 45.6 Å². The number of halogens is 2. The van der Waals surface area contributed by atoms with Gasteiger partial charge in [0, 0.05) is 16.3 Å². The van der Waals surface area contributed by atoms with Crippen LogP contribution >= 0.6 is 35.4 Å². The molecule has 0 unspecified atom stereocenters. The zero-order valence-corrected chi connectivity index (χ0v) is 12.9. The van der Waals surface area contributed by atoms with Crippen molar-refractivity contribution in [2.24, 2.45) is 5.73 Å². The number of oxazole rings is 1. The summed E-state index contributed by atoms with van der Waals surface area (Å²) in [5, 5.41) is 4.01. The van der Waals surface area contributed by atoms with Crippen LogP contribution in [0.15, 0.2) is 40.8 Å². The van der Waals surface area contributed by atoms with E-state index in [2.05, 4.69) is 10.3 Å². The van der Waals surface area contributed by atoms with Crippen molar-refractivity contribution < 1.29 is 4.42 Å². The summed E-state index contributed by atoms with van der Waals surface area (Å²) in [6.07, 6.45) is 0. The van der Waals surface area contributed by atoms with Gasteiger partial charge >= 0.3 is 0 Å². The summed E-state index contributed by atoms with van der Waals surface area (Å²) < 4.78 is 5.69. The molecule has 0 atom stereocenters. The van der Waals surface area contributed by atoms with E-state index in [1.165, 1.54) is 0 Å².